The van der Waals surface area contributed by atoms with Crippen LogP contribution in [-0.2, 0) is 12.8 Å². The lowest BCUT2D eigenvalue weighted by Gasteiger charge is -2.27. The molecule has 0 atom stereocenters. The van der Waals surface area contributed by atoms with Crippen molar-refractivity contribution >= 4 is 17.4 Å². The number of carbonyl (C=O) groups excluding carboxylic acids is 1. The van der Waals surface area contributed by atoms with Crippen molar-refractivity contribution in [1.29, 1.82) is 0 Å². The van der Waals surface area contributed by atoms with Crippen LogP contribution >= 0.6 is 0 Å². The summed E-state index contributed by atoms with van der Waals surface area (Å²) < 4.78 is 0. The molecule has 2 amide bonds. The normalized spacial score (nSPS) is 13.8. The molecule has 2 aromatic rings. The lowest BCUT2D eigenvalue weighted by atomic mass is 9.97. The average Bonchev–Trinajstić information content (AvgIpc) is 2.69. The second-order valence-electron chi connectivity index (χ2n) is 7.31. The highest BCUT2D eigenvalue weighted by atomic mass is 16.2. The molecule has 0 aliphatic carbocycles. The third-order valence-electron chi connectivity index (χ3n) is 4.10. The SMILES string of the molecule is CC(C)(C)CNC(=O)N1c2ccccc2CCc2ccccc21. The van der Waals surface area contributed by atoms with Crippen LogP contribution in [0, 0.1) is 5.41 Å². The maximum absolute atomic E-state index is 12.9. The third kappa shape index (κ3) is 3.39. The summed E-state index contributed by atoms with van der Waals surface area (Å²) in [5.41, 5.74) is 4.47. The number of nitrogens with one attached hydrogen (secondary N) is 1. The first kappa shape index (κ1) is 15.6. The molecule has 3 heteroatoms. The number of rotatable bonds is 1. The monoisotopic (exact) mass is 308 g/mol. The smallest absolute Gasteiger partial charge is 0.326 e. The van der Waals surface area contributed by atoms with Crippen molar-refractivity contribution in [2.75, 3.05) is 11.4 Å². The molecule has 3 nitrogen and oxygen atoms in total. The zero-order valence-corrected chi connectivity index (χ0v) is 14.1. The number of amides is 2. The Labute approximate surface area is 138 Å². The van der Waals surface area contributed by atoms with Gasteiger partial charge in [-0.15, -0.1) is 0 Å². The molecule has 1 N–H and O–H groups in total. The fraction of sp³-hybridized carbons (Fsp3) is 0.350. The number of nitrogens with zero attached hydrogens (tertiary/aromatic N) is 1. The molecule has 0 unspecified atom stereocenters. The summed E-state index contributed by atoms with van der Waals surface area (Å²) in [6.07, 6.45) is 1.91. The Kier molecular flexibility index (Phi) is 4.12. The van der Waals surface area contributed by atoms with Gasteiger partial charge in [0, 0.05) is 6.54 Å². The second-order valence-corrected chi connectivity index (χ2v) is 7.31. The first-order valence-corrected chi connectivity index (χ1v) is 8.19. The van der Waals surface area contributed by atoms with Gasteiger partial charge < -0.3 is 5.32 Å². The number of hydrogen-bond donors (Lipinski definition) is 1. The number of anilines is 2. The van der Waals surface area contributed by atoms with E-state index in [-0.39, 0.29) is 11.4 Å². The minimum absolute atomic E-state index is 0.0540. The molecule has 0 spiro atoms. The standard InChI is InChI=1S/C20H24N2O/c1-20(2,3)14-21-19(23)22-17-10-6-4-8-15(17)12-13-16-9-5-7-11-18(16)22/h4-11H,12-14H2,1-3H3,(H,21,23). The highest BCUT2D eigenvalue weighted by Gasteiger charge is 2.26. The number of carbonyl (C=O) groups is 1. The summed E-state index contributed by atoms with van der Waals surface area (Å²) in [6, 6.07) is 16.3. The Balaban J connectivity index is 2.01. The molecular formula is C20H24N2O. The molecule has 1 aliphatic heterocycles. The molecule has 0 bridgehead atoms. The largest absolute Gasteiger partial charge is 0.337 e. The van der Waals surface area contributed by atoms with E-state index in [2.05, 4.69) is 38.2 Å². The molecular weight excluding hydrogens is 284 g/mol. The highest BCUT2D eigenvalue weighted by Crippen LogP contribution is 2.35. The Morgan fingerprint density at radius 1 is 0.957 bits per heavy atom. The number of para-hydroxylation sites is 2. The van der Waals surface area contributed by atoms with Crippen LogP contribution in [0.25, 0.3) is 0 Å². The van der Waals surface area contributed by atoms with Gasteiger partial charge in [-0.2, -0.15) is 0 Å². The van der Waals surface area contributed by atoms with Gasteiger partial charge in [0.15, 0.2) is 0 Å². The maximum Gasteiger partial charge on any atom is 0.326 e. The van der Waals surface area contributed by atoms with Gasteiger partial charge in [-0.1, -0.05) is 57.2 Å². The highest BCUT2D eigenvalue weighted by molar-refractivity contribution is 6.01. The quantitative estimate of drug-likeness (QED) is 0.815. The van der Waals surface area contributed by atoms with E-state index in [0.29, 0.717) is 6.54 Å². The number of benzene rings is 2. The Morgan fingerprint density at radius 2 is 1.43 bits per heavy atom. The van der Waals surface area contributed by atoms with Crippen molar-refractivity contribution in [1.82, 2.24) is 5.32 Å². The number of aryl methyl sites for hydroxylation is 2. The Morgan fingerprint density at radius 3 is 1.91 bits per heavy atom. The van der Waals surface area contributed by atoms with E-state index in [0.717, 1.165) is 24.2 Å². The van der Waals surface area contributed by atoms with Gasteiger partial charge in [-0.25, -0.2) is 4.79 Å². The van der Waals surface area contributed by atoms with Crippen molar-refractivity contribution < 1.29 is 4.79 Å². The van der Waals surface area contributed by atoms with Crippen LogP contribution in [0.3, 0.4) is 0 Å². The Bertz CT molecular complexity index is 668. The van der Waals surface area contributed by atoms with E-state index < -0.39 is 0 Å². The summed E-state index contributed by atoms with van der Waals surface area (Å²) in [5, 5.41) is 3.09. The molecule has 3 rings (SSSR count). The van der Waals surface area contributed by atoms with E-state index in [1.807, 2.05) is 41.3 Å². The van der Waals surface area contributed by atoms with Gasteiger partial charge in [0.05, 0.1) is 11.4 Å². The lowest BCUT2D eigenvalue weighted by molar-refractivity contribution is 0.243. The van der Waals surface area contributed by atoms with Gasteiger partial charge in [0.25, 0.3) is 0 Å². The van der Waals surface area contributed by atoms with Gasteiger partial charge in [0.1, 0.15) is 0 Å². The molecule has 0 saturated heterocycles. The molecule has 1 heterocycles. The van der Waals surface area contributed by atoms with E-state index in [4.69, 9.17) is 0 Å². The fourth-order valence-corrected chi connectivity index (χ4v) is 2.92. The van der Waals surface area contributed by atoms with Gasteiger partial charge in [-0.05, 0) is 41.5 Å². The van der Waals surface area contributed by atoms with Gasteiger partial charge in [-0.3, -0.25) is 4.90 Å². The molecule has 120 valence electrons. The molecule has 23 heavy (non-hydrogen) atoms. The molecule has 1 aliphatic rings. The topological polar surface area (TPSA) is 32.3 Å². The summed E-state index contributed by atoms with van der Waals surface area (Å²) >= 11 is 0. The van der Waals surface area contributed by atoms with Crippen LogP contribution in [0.15, 0.2) is 48.5 Å². The van der Waals surface area contributed by atoms with Crippen LogP contribution in [0.2, 0.25) is 0 Å². The molecule has 0 aromatic heterocycles. The number of urea groups is 1. The van der Waals surface area contributed by atoms with Crippen molar-refractivity contribution in [3.63, 3.8) is 0 Å². The predicted octanol–water partition coefficient (Wildman–Crippen LogP) is 4.68. The zero-order valence-electron chi connectivity index (χ0n) is 14.1. The minimum atomic E-state index is -0.0540. The van der Waals surface area contributed by atoms with Crippen molar-refractivity contribution in [2.45, 2.75) is 33.6 Å². The molecule has 0 radical (unpaired) electrons. The Hall–Kier alpha value is -2.29. The van der Waals surface area contributed by atoms with Crippen LogP contribution < -0.4 is 10.2 Å². The fourth-order valence-electron chi connectivity index (χ4n) is 2.92. The van der Waals surface area contributed by atoms with Crippen molar-refractivity contribution in [3.05, 3.63) is 59.7 Å². The first-order valence-electron chi connectivity index (χ1n) is 8.19. The number of hydrogen-bond acceptors (Lipinski definition) is 1. The van der Waals surface area contributed by atoms with E-state index in [1.165, 1.54) is 11.1 Å². The lowest BCUT2D eigenvalue weighted by Crippen LogP contribution is -2.41. The molecule has 2 aromatic carbocycles. The summed E-state index contributed by atoms with van der Waals surface area (Å²) in [4.78, 5) is 14.8. The van der Waals surface area contributed by atoms with Crippen molar-refractivity contribution in [3.8, 4) is 0 Å². The predicted molar refractivity (Wildman–Crippen MR) is 95.3 cm³/mol. The number of fused-ring (bicyclic) bond motifs is 2. The maximum atomic E-state index is 12.9. The zero-order chi connectivity index (χ0) is 16.4. The van der Waals surface area contributed by atoms with E-state index in [9.17, 15) is 4.79 Å². The summed E-state index contributed by atoms with van der Waals surface area (Å²) in [5.74, 6) is 0. The minimum Gasteiger partial charge on any atom is -0.337 e. The molecule has 0 saturated carbocycles. The van der Waals surface area contributed by atoms with Crippen LogP contribution in [-0.4, -0.2) is 12.6 Å². The summed E-state index contributed by atoms with van der Waals surface area (Å²) in [7, 11) is 0. The van der Waals surface area contributed by atoms with Gasteiger partial charge in [0.2, 0.25) is 0 Å². The van der Waals surface area contributed by atoms with Gasteiger partial charge >= 0.3 is 6.03 Å². The van der Waals surface area contributed by atoms with Crippen LogP contribution in [0.5, 0.6) is 0 Å². The van der Waals surface area contributed by atoms with Crippen LogP contribution in [0.4, 0.5) is 16.2 Å². The van der Waals surface area contributed by atoms with E-state index >= 15 is 0 Å². The van der Waals surface area contributed by atoms with E-state index in [1.54, 1.807) is 0 Å². The van der Waals surface area contributed by atoms with Crippen molar-refractivity contribution in [2.24, 2.45) is 5.41 Å². The molecule has 0 fully saturated rings. The third-order valence-corrected chi connectivity index (χ3v) is 4.10. The second kappa shape index (κ2) is 6.07. The first-order chi connectivity index (χ1) is 11.0. The van der Waals surface area contributed by atoms with Crippen LogP contribution in [0.1, 0.15) is 31.9 Å². The summed E-state index contributed by atoms with van der Waals surface area (Å²) in [6.45, 7) is 7.01. The average molecular weight is 308 g/mol.